The van der Waals surface area contributed by atoms with Crippen molar-refractivity contribution in [1.29, 1.82) is 0 Å². The van der Waals surface area contributed by atoms with Crippen LogP contribution in [0.2, 0.25) is 0 Å². The average molecular weight is 445 g/mol. The molecule has 1 aromatic heterocycles. The van der Waals surface area contributed by atoms with Crippen LogP contribution in [0, 0.1) is 5.82 Å². The van der Waals surface area contributed by atoms with Crippen LogP contribution >= 0.6 is 11.8 Å². The number of nitrogens with zero attached hydrogens (tertiary/aromatic N) is 3. The molecule has 2 heterocycles. The first-order chi connectivity index (χ1) is 15.1. The number of hydrogen-bond acceptors (Lipinski definition) is 8. The number of rotatable bonds is 8. The Morgan fingerprint density at radius 3 is 2.77 bits per heavy atom. The molecule has 0 radical (unpaired) electrons. The average Bonchev–Trinajstić information content (AvgIpc) is 3.25. The monoisotopic (exact) mass is 445 g/mol. The third-order valence-corrected chi connectivity index (χ3v) is 5.22. The minimum absolute atomic E-state index is 0.0491. The van der Waals surface area contributed by atoms with Crippen LogP contribution in [-0.2, 0) is 11.4 Å². The van der Waals surface area contributed by atoms with E-state index >= 15 is 0 Å². The van der Waals surface area contributed by atoms with Gasteiger partial charge in [-0.25, -0.2) is 4.39 Å². The van der Waals surface area contributed by atoms with E-state index in [0.717, 1.165) is 11.8 Å². The van der Waals surface area contributed by atoms with E-state index in [1.165, 1.54) is 24.3 Å². The third-order valence-electron chi connectivity index (χ3n) is 4.41. The van der Waals surface area contributed by atoms with Crippen molar-refractivity contribution >= 4 is 17.7 Å². The van der Waals surface area contributed by atoms with Crippen LogP contribution in [0.3, 0.4) is 0 Å². The molecule has 0 saturated heterocycles. The first kappa shape index (κ1) is 21.0. The second-order valence-electron chi connectivity index (χ2n) is 6.76. The van der Waals surface area contributed by atoms with Gasteiger partial charge in [0.2, 0.25) is 5.91 Å². The Morgan fingerprint density at radius 1 is 1.19 bits per heavy atom. The summed E-state index contributed by atoms with van der Waals surface area (Å²) in [5.74, 6) is 1.83. The summed E-state index contributed by atoms with van der Waals surface area (Å²) in [6, 6.07) is 13.1. The zero-order valence-electron chi connectivity index (χ0n) is 16.7. The quantitative estimate of drug-likeness (QED) is 0.489. The number of thioether (sulfide) groups is 1. The zero-order valence-corrected chi connectivity index (χ0v) is 17.5. The zero-order chi connectivity index (χ0) is 21.6. The summed E-state index contributed by atoms with van der Waals surface area (Å²) in [7, 11) is 1.71. The lowest BCUT2D eigenvalue weighted by Crippen LogP contribution is -2.42. The van der Waals surface area contributed by atoms with Crippen molar-refractivity contribution < 1.29 is 27.8 Å². The van der Waals surface area contributed by atoms with Gasteiger partial charge in [0.25, 0.3) is 11.1 Å². The number of halogens is 1. The Bertz CT molecular complexity index is 1030. The highest BCUT2D eigenvalue weighted by molar-refractivity contribution is 7.99. The van der Waals surface area contributed by atoms with Gasteiger partial charge in [-0.3, -0.25) is 4.79 Å². The number of hydrogen-bond donors (Lipinski definition) is 0. The predicted molar refractivity (Wildman–Crippen MR) is 110 cm³/mol. The van der Waals surface area contributed by atoms with Crippen molar-refractivity contribution in [3.05, 3.63) is 60.2 Å². The molecule has 1 aliphatic heterocycles. The normalized spacial score (nSPS) is 14.8. The largest absolute Gasteiger partial charge is 0.486 e. The van der Waals surface area contributed by atoms with Crippen molar-refractivity contribution in [2.24, 2.45) is 0 Å². The van der Waals surface area contributed by atoms with Crippen LogP contribution in [0.15, 0.2) is 58.2 Å². The molecule has 1 amide bonds. The van der Waals surface area contributed by atoms with Gasteiger partial charge in [-0.1, -0.05) is 23.9 Å². The SMILES string of the molecule is CN(CC1COc2ccccc2O1)C(=O)CSc1nnc(COc2ccc(F)cc2)o1. The second-order valence-corrected chi connectivity index (χ2v) is 7.69. The molecular weight excluding hydrogens is 425 g/mol. The molecule has 3 aromatic rings. The van der Waals surface area contributed by atoms with E-state index in [4.69, 9.17) is 18.6 Å². The summed E-state index contributed by atoms with van der Waals surface area (Å²) in [5, 5.41) is 8.06. The van der Waals surface area contributed by atoms with E-state index in [9.17, 15) is 9.18 Å². The Labute approximate surface area is 182 Å². The Hall–Kier alpha value is -3.27. The molecule has 1 atom stereocenters. The number of amides is 1. The summed E-state index contributed by atoms with van der Waals surface area (Å²) >= 11 is 1.14. The molecule has 1 unspecified atom stereocenters. The van der Waals surface area contributed by atoms with Crippen LogP contribution in [0.1, 0.15) is 5.89 Å². The maximum Gasteiger partial charge on any atom is 0.277 e. The van der Waals surface area contributed by atoms with E-state index in [2.05, 4.69) is 10.2 Å². The van der Waals surface area contributed by atoms with Crippen LogP contribution in [-0.4, -0.2) is 53.1 Å². The molecule has 0 bridgehead atoms. The first-order valence-corrected chi connectivity index (χ1v) is 10.5. The van der Waals surface area contributed by atoms with E-state index in [1.54, 1.807) is 11.9 Å². The first-order valence-electron chi connectivity index (χ1n) is 9.53. The molecule has 162 valence electrons. The molecule has 31 heavy (non-hydrogen) atoms. The summed E-state index contributed by atoms with van der Waals surface area (Å²) in [5.41, 5.74) is 0. The van der Waals surface area contributed by atoms with E-state index in [-0.39, 0.29) is 41.3 Å². The Morgan fingerprint density at radius 2 is 1.97 bits per heavy atom. The molecule has 1 aliphatic rings. The Kier molecular flexibility index (Phi) is 6.56. The maximum absolute atomic E-state index is 12.9. The van der Waals surface area contributed by atoms with E-state index in [0.29, 0.717) is 30.4 Å². The van der Waals surface area contributed by atoms with Gasteiger partial charge in [-0.05, 0) is 36.4 Å². The number of ether oxygens (including phenoxy) is 3. The van der Waals surface area contributed by atoms with Gasteiger partial charge >= 0.3 is 0 Å². The highest BCUT2D eigenvalue weighted by Gasteiger charge is 2.24. The smallest absolute Gasteiger partial charge is 0.277 e. The molecule has 8 nitrogen and oxygen atoms in total. The van der Waals surface area contributed by atoms with Crippen molar-refractivity contribution in [3.63, 3.8) is 0 Å². The fourth-order valence-corrected chi connectivity index (χ4v) is 3.55. The van der Waals surface area contributed by atoms with Crippen molar-refractivity contribution in [2.75, 3.05) is 26.0 Å². The molecule has 4 rings (SSSR count). The molecule has 0 saturated carbocycles. The van der Waals surface area contributed by atoms with E-state index < -0.39 is 0 Å². The number of carbonyl (C=O) groups is 1. The number of fused-ring (bicyclic) bond motifs is 1. The highest BCUT2D eigenvalue weighted by atomic mass is 32.2. The van der Waals surface area contributed by atoms with Gasteiger partial charge in [0.1, 0.15) is 18.2 Å². The van der Waals surface area contributed by atoms with Gasteiger partial charge < -0.3 is 23.5 Å². The molecule has 10 heteroatoms. The second kappa shape index (κ2) is 9.69. The van der Waals surface area contributed by atoms with Crippen molar-refractivity contribution in [3.8, 4) is 17.2 Å². The lowest BCUT2D eigenvalue weighted by atomic mass is 10.2. The predicted octanol–water partition coefficient (Wildman–Crippen LogP) is 3.18. The van der Waals surface area contributed by atoms with Gasteiger partial charge in [0.15, 0.2) is 24.2 Å². The fraction of sp³-hybridized carbons (Fsp3) is 0.286. The fourth-order valence-electron chi connectivity index (χ4n) is 2.82. The summed E-state index contributed by atoms with van der Waals surface area (Å²) < 4.78 is 35.4. The minimum atomic E-state index is -0.342. The third kappa shape index (κ3) is 5.66. The van der Waals surface area contributed by atoms with Crippen molar-refractivity contribution in [1.82, 2.24) is 15.1 Å². The summed E-state index contributed by atoms with van der Waals surface area (Å²) in [4.78, 5) is 14.0. The van der Waals surface area contributed by atoms with Gasteiger partial charge in [0, 0.05) is 7.05 Å². The lowest BCUT2D eigenvalue weighted by Gasteiger charge is -2.29. The topological polar surface area (TPSA) is 86.9 Å². The molecule has 0 N–H and O–H groups in total. The van der Waals surface area contributed by atoms with E-state index in [1.807, 2.05) is 24.3 Å². The number of likely N-dealkylation sites (N-methyl/N-ethyl adjacent to an activating group) is 1. The number of para-hydroxylation sites is 2. The molecular formula is C21H20FN3O5S. The number of carbonyl (C=O) groups excluding carboxylic acids is 1. The molecule has 0 fully saturated rings. The van der Waals surface area contributed by atoms with Crippen LogP contribution in [0.25, 0.3) is 0 Å². The van der Waals surface area contributed by atoms with Crippen LogP contribution in [0.4, 0.5) is 4.39 Å². The maximum atomic E-state index is 12.9. The summed E-state index contributed by atoms with van der Waals surface area (Å²) in [6.45, 7) is 0.824. The van der Waals surface area contributed by atoms with Crippen LogP contribution in [0.5, 0.6) is 17.2 Å². The summed E-state index contributed by atoms with van der Waals surface area (Å²) in [6.07, 6.45) is -0.243. The highest BCUT2D eigenvalue weighted by Crippen LogP contribution is 2.31. The van der Waals surface area contributed by atoms with Gasteiger partial charge in [-0.15, -0.1) is 10.2 Å². The van der Waals surface area contributed by atoms with Gasteiger partial charge in [-0.2, -0.15) is 0 Å². The minimum Gasteiger partial charge on any atom is -0.486 e. The van der Waals surface area contributed by atoms with Crippen LogP contribution < -0.4 is 14.2 Å². The van der Waals surface area contributed by atoms with Crippen molar-refractivity contribution in [2.45, 2.75) is 17.9 Å². The molecule has 0 aliphatic carbocycles. The number of benzene rings is 2. The number of aromatic nitrogens is 2. The van der Waals surface area contributed by atoms with Gasteiger partial charge in [0.05, 0.1) is 12.3 Å². The Balaban J connectivity index is 1.21. The standard InChI is InChI=1S/C21H20FN3O5S/c1-25(10-16-11-28-17-4-2-3-5-18(17)29-16)20(26)13-31-21-24-23-19(30-21)12-27-15-8-6-14(22)7-9-15/h2-9,16H,10-13H2,1H3. The lowest BCUT2D eigenvalue weighted by molar-refractivity contribution is -0.128. The molecule has 0 spiro atoms. The molecule has 2 aromatic carbocycles.